The van der Waals surface area contributed by atoms with Crippen molar-refractivity contribution < 1.29 is 18.6 Å². The van der Waals surface area contributed by atoms with Crippen molar-refractivity contribution in [1.82, 2.24) is 4.90 Å². The molecule has 1 aromatic rings. The van der Waals surface area contributed by atoms with Crippen LogP contribution in [-0.4, -0.2) is 46.3 Å². The van der Waals surface area contributed by atoms with Gasteiger partial charge in [-0.05, 0) is 58.6 Å². The van der Waals surface area contributed by atoms with Crippen LogP contribution in [0.2, 0.25) is 0 Å². The maximum atomic E-state index is 11.8. The third-order valence-corrected chi connectivity index (χ3v) is 6.14. The molecular formula is C22H38N2O5S. The number of hydrogen-bond donors (Lipinski definition) is 0. The van der Waals surface area contributed by atoms with Crippen LogP contribution in [0.1, 0.15) is 59.9 Å². The van der Waals surface area contributed by atoms with E-state index in [1.165, 1.54) is 12.7 Å². The van der Waals surface area contributed by atoms with Crippen molar-refractivity contribution in [1.29, 1.82) is 0 Å². The summed E-state index contributed by atoms with van der Waals surface area (Å²) in [4.78, 5) is 26.6. The van der Waals surface area contributed by atoms with E-state index >= 15 is 0 Å². The normalized spacial score (nSPS) is 17.5. The summed E-state index contributed by atoms with van der Waals surface area (Å²) in [5.41, 5.74) is 0.841. The molecule has 0 spiro atoms. The lowest BCUT2D eigenvalue weighted by Gasteiger charge is -2.24. The van der Waals surface area contributed by atoms with Gasteiger partial charge in [-0.2, -0.15) is 0 Å². The predicted molar refractivity (Wildman–Crippen MR) is 122 cm³/mol. The van der Waals surface area contributed by atoms with E-state index in [0.717, 1.165) is 30.8 Å². The summed E-state index contributed by atoms with van der Waals surface area (Å²) in [6, 6.07) is 7.93. The Labute approximate surface area is 183 Å². The van der Waals surface area contributed by atoms with Crippen LogP contribution in [0.3, 0.4) is 0 Å². The van der Waals surface area contributed by atoms with E-state index in [1.54, 1.807) is 4.90 Å². The van der Waals surface area contributed by atoms with Crippen molar-refractivity contribution in [2.45, 2.75) is 77.1 Å². The SMILES string of the molecule is CCC(C)S(=O)c1ccc(C)cc1.CON=O.C[C@H]1CCN(C(=O)OC(C)(C)C)C1. The van der Waals surface area contributed by atoms with Crippen LogP contribution < -0.4 is 0 Å². The molecule has 0 saturated carbocycles. The molecule has 1 aromatic carbocycles. The van der Waals surface area contributed by atoms with Crippen molar-refractivity contribution in [3.8, 4) is 0 Å². The molecule has 1 aliphatic heterocycles. The summed E-state index contributed by atoms with van der Waals surface area (Å²) in [5, 5.41) is 2.24. The molecule has 1 heterocycles. The highest BCUT2D eigenvalue weighted by molar-refractivity contribution is 7.85. The maximum Gasteiger partial charge on any atom is 0.410 e. The maximum absolute atomic E-state index is 11.8. The molecule has 30 heavy (non-hydrogen) atoms. The number of amides is 1. The summed E-state index contributed by atoms with van der Waals surface area (Å²) < 4.78 is 17.1. The molecule has 8 heteroatoms. The molecule has 1 fully saturated rings. The lowest BCUT2D eigenvalue weighted by Crippen LogP contribution is -2.35. The number of carbonyl (C=O) groups is 1. The molecule has 0 N–H and O–H groups in total. The molecule has 0 radical (unpaired) electrons. The third-order valence-electron chi connectivity index (χ3n) is 4.34. The fourth-order valence-electron chi connectivity index (χ4n) is 2.48. The highest BCUT2D eigenvalue weighted by atomic mass is 32.2. The number of aryl methyl sites for hydroxylation is 1. The summed E-state index contributed by atoms with van der Waals surface area (Å²) in [6.45, 7) is 15.7. The minimum absolute atomic E-state index is 0.170. The van der Waals surface area contributed by atoms with E-state index < -0.39 is 10.8 Å². The lowest BCUT2D eigenvalue weighted by molar-refractivity contribution is 0.0289. The molecule has 1 aliphatic rings. The van der Waals surface area contributed by atoms with Crippen LogP contribution in [0.5, 0.6) is 0 Å². The number of nitrogens with zero attached hydrogens (tertiary/aromatic N) is 2. The van der Waals surface area contributed by atoms with E-state index in [9.17, 15) is 9.00 Å². The second-order valence-corrected chi connectivity index (χ2v) is 10.3. The molecule has 0 aromatic heterocycles. The van der Waals surface area contributed by atoms with Gasteiger partial charge in [0, 0.05) is 23.2 Å². The van der Waals surface area contributed by atoms with Crippen LogP contribution >= 0.6 is 0 Å². The quantitative estimate of drug-likeness (QED) is 0.455. The third kappa shape index (κ3) is 11.9. The Balaban J connectivity index is 0.000000477. The number of ether oxygens (including phenoxy) is 1. The van der Waals surface area contributed by atoms with Crippen LogP contribution in [0.15, 0.2) is 34.5 Å². The van der Waals surface area contributed by atoms with Gasteiger partial charge in [0.2, 0.25) is 0 Å². The molecule has 172 valence electrons. The van der Waals surface area contributed by atoms with Crippen molar-refractivity contribution >= 4 is 16.9 Å². The summed E-state index contributed by atoms with van der Waals surface area (Å²) in [7, 11) is 0.365. The molecule has 0 aliphatic carbocycles. The number of rotatable bonds is 4. The Kier molecular flexibility index (Phi) is 13.2. The van der Waals surface area contributed by atoms with Crippen molar-refractivity contribution in [2.75, 3.05) is 20.2 Å². The average molecular weight is 443 g/mol. The molecule has 7 nitrogen and oxygen atoms in total. The second kappa shape index (κ2) is 14.1. The van der Waals surface area contributed by atoms with Gasteiger partial charge in [-0.15, -0.1) is 4.91 Å². The van der Waals surface area contributed by atoms with Crippen molar-refractivity contribution in [3.05, 3.63) is 34.7 Å². The summed E-state index contributed by atoms with van der Waals surface area (Å²) in [6.07, 6.45) is 1.89. The Hall–Kier alpha value is -1.96. The van der Waals surface area contributed by atoms with E-state index in [2.05, 4.69) is 18.7 Å². The topological polar surface area (TPSA) is 85.3 Å². The molecule has 0 bridgehead atoms. The van der Waals surface area contributed by atoms with E-state index in [-0.39, 0.29) is 16.9 Å². The first kappa shape index (κ1) is 28.0. The van der Waals surface area contributed by atoms with Gasteiger partial charge in [0.05, 0.1) is 10.8 Å². The standard InChI is InChI=1S/C11H16OS.C10H19NO2.CH3NO2/c1-4-10(3)13(12)11-7-5-9(2)6-8-11;1-8-5-6-11(7-8)9(12)13-10(2,3)4;1-4-2-3/h5-8,10H,4H2,1-3H3;8H,5-7H2,1-4H3;1H3/t;8-;/m.0./s1. The van der Waals surface area contributed by atoms with Gasteiger partial charge in [0.15, 0.2) is 5.34 Å². The van der Waals surface area contributed by atoms with Crippen molar-refractivity contribution in [2.24, 2.45) is 11.3 Å². The van der Waals surface area contributed by atoms with Gasteiger partial charge < -0.3 is 14.5 Å². The fraction of sp³-hybridized carbons (Fsp3) is 0.682. The first-order valence-electron chi connectivity index (χ1n) is 10.3. The van der Waals surface area contributed by atoms with Gasteiger partial charge >= 0.3 is 6.09 Å². The van der Waals surface area contributed by atoms with E-state index in [4.69, 9.17) is 9.64 Å². The number of hydrogen-bond acceptors (Lipinski definition) is 6. The van der Waals surface area contributed by atoms with Gasteiger partial charge in [0.1, 0.15) is 12.7 Å². The highest BCUT2D eigenvalue weighted by Crippen LogP contribution is 2.18. The van der Waals surface area contributed by atoms with Gasteiger partial charge in [0.25, 0.3) is 0 Å². The minimum atomic E-state index is -0.836. The lowest BCUT2D eigenvalue weighted by atomic mass is 10.2. The van der Waals surface area contributed by atoms with E-state index in [1.807, 2.05) is 64.2 Å². The Bertz CT molecular complexity index is 658. The minimum Gasteiger partial charge on any atom is -0.444 e. The first-order valence-corrected chi connectivity index (χ1v) is 11.5. The summed E-state index contributed by atoms with van der Waals surface area (Å²) in [5.74, 6) is 0.618. The van der Waals surface area contributed by atoms with Crippen molar-refractivity contribution in [3.63, 3.8) is 0 Å². The predicted octanol–water partition coefficient (Wildman–Crippen LogP) is 5.48. The molecule has 2 unspecified atom stereocenters. The Morgan fingerprint density at radius 3 is 2.20 bits per heavy atom. The zero-order chi connectivity index (χ0) is 23.3. The number of likely N-dealkylation sites (tertiary alicyclic amines) is 1. The average Bonchev–Trinajstić information content (AvgIpc) is 3.13. The first-order chi connectivity index (χ1) is 13.9. The zero-order valence-corrected chi connectivity index (χ0v) is 20.5. The van der Waals surface area contributed by atoms with Gasteiger partial charge in [-0.1, -0.05) is 38.5 Å². The van der Waals surface area contributed by atoms with Gasteiger partial charge in [-0.3, -0.25) is 4.21 Å². The van der Waals surface area contributed by atoms with E-state index in [0.29, 0.717) is 5.92 Å². The molecule has 3 atom stereocenters. The Morgan fingerprint density at radius 1 is 1.30 bits per heavy atom. The fourth-order valence-corrected chi connectivity index (χ4v) is 3.66. The zero-order valence-electron chi connectivity index (χ0n) is 19.6. The Morgan fingerprint density at radius 2 is 1.83 bits per heavy atom. The van der Waals surface area contributed by atoms with Gasteiger partial charge in [-0.25, -0.2) is 4.79 Å². The number of benzene rings is 1. The van der Waals surface area contributed by atoms with Crippen LogP contribution in [0.4, 0.5) is 4.79 Å². The van der Waals surface area contributed by atoms with Crippen LogP contribution in [0, 0.1) is 17.7 Å². The smallest absolute Gasteiger partial charge is 0.410 e. The summed E-state index contributed by atoms with van der Waals surface area (Å²) >= 11 is 0. The second-order valence-electron chi connectivity index (χ2n) is 8.41. The highest BCUT2D eigenvalue weighted by Gasteiger charge is 2.27. The molecule has 2 rings (SSSR count). The molecule has 1 amide bonds. The number of carbonyl (C=O) groups excluding carboxylic acids is 1. The van der Waals surface area contributed by atoms with Crippen LogP contribution in [0.25, 0.3) is 0 Å². The molecular weight excluding hydrogens is 404 g/mol. The largest absolute Gasteiger partial charge is 0.444 e. The monoisotopic (exact) mass is 442 g/mol. The van der Waals surface area contributed by atoms with Crippen LogP contribution in [-0.2, 0) is 20.4 Å². The molecule has 1 saturated heterocycles.